The summed E-state index contributed by atoms with van der Waals surface area (Å²) in [5, 5.41) is 0. The maximum atomic E-state index is 11.2. The lowest BCUT2D eigenvalue weighted by Gasteiger charge is -1.99. The second kappa shape index (κ2) is 3.87. The highest BCUT2D eigenvalue weighted by atomic mass is 16.8. The molecule has 3 nitrogen and oxygen atoms in total. The number of hydrogen-bond acceptors (Lipinski definition) is 3. The summed E-state index contributed by atoms with van der Waals surface area (Å²) in [7, 11) is 0. The third kappa shape index (κ3) is 2.25. The van der Waals surface area contributed by atoms with Crippen LogP contribution in [-0.2, 0) is 14.3 Å². The second-order valence-corrected chi connectivity index (χ2v) is 3.52. The summed E-state index contributed by atoms with van der Waals surface area (Å²) in [6, 6.07) is 9.67. The molecule has 1 aliphatic rings. The van der Waals surface area contributed by atoms with Gasteiger partial charge in [-0.1, -0.05) is 36.9 Å². The zero-order valence-electron chi connectivity index (χ0n) is 8.47. The summed E-state index contributed by atoms with van der Waals surface area (Å²) in [6.45, 7) is 5.12. The van der Waals surface area contributed by atoms with E-state index in [1.807, 2.05) is 30.3 Å². The molecule has 1 aromatic rings. The lowest BCUT2D eigenvalue weighted by Crippen LogP contribution is -2.07. The maximum Gasteiger partial charge on any atom is 0.335 e. The molecule has 0 saturated carbocycles. The van der Waals surface area contributed by atoms with Gasteiger partial charge >= 0.3 is 5.97 Å². The van der Waals surface area contributed by atoms with Gasteiger partial charge in [-0.25, -0.2) is 4.79 Å². The molecular weight excluding hydrogens is 192 g/mol. The van der Waals surface area contributed by atoms with Crippen LogP contribution in [0.1, 0.15) is 18.6 Å². The Morgan fingerprint density at radius 3 is 2.67 bits per heavy atom. The van der Waals surface area contributed by atoms with Crippen molar-refractivity contribution in [1.29, 1.82) is 0 Å². The molecule has 0 amide bonds. The van der Waals surface area contributed by atoms with Crippen molar-refractivity contribution >= 4 is 5.97 Å². The van der Waals surface area contributed by atoms with Gasteiger partial charge < -0.3 is 9.47 Å². The Balaban J connectivity index is 1.92. The van der Waals surface area contributed by atoms with Gasteiger partial charge in [0.05, 0.1) is 0 Å². The first-order valence-corrected chi connectivity index (χ1v) is 4.75. The van der Waals surface area contributed by atoms with Crippen LogP contribution in [0.4, 0.5) is 0 Å². The van der Waals surface area contributed by atoms with E-state index in [-0.39, 0.29) is 6.10 Å². The predicted octanol–water partition coefficient (Wildman–Crippen LogP) is 2.20. The van der Waals surface area contributed by atoms with Crippen molar-refractivity contribution in [3.63, 3.8) is 0 Å². The lowest BCUT2D eigenvalue weighted by molar-refractivity contribution is -0.143. The Morgan fingerprint density at radius 1 is 1.40 bits per heavy atom. The fourth-order valence-electron chi connectivity index (χ4n) is 1.27. The monoisotopic (exact) mass is 204 g/mol. The van der Waals surface area contributed by atoms with E-state index in [1.165, 1.54) is 0 Å². The average Bonchev–Trinajstić information content (AvgIpc) is 2.98. The van der Waals surface area contributed by atoms with Crippen LogP contribution in [0, 0.1) is 0 Å². The van der Waals surface area contributed by atoms with Crippen LogP contribution in [0.15, 0.2) is 42.5 Å². The summed E-state index contributed by atoms with van der Waals surface area (Å²) in [5.41, 5.74) is 1.41. The van der Waals surface area contributed by atoms with Gasteiger partial charge in [-0.15, -0.1) is 0 Å². The van der Waals surface area contributed by atoms with E-state index < -0.39 is 12.3 Å². The third-order valence-electron chi connectivity index (χ3n) is 2.15. The molecule has 0 N–H and O–H groups in total. The van der Waals surface area contributed by atoms with Gasteiger partial charge in [0.2, 0.25) is 6.29 Å². The van der Waals surface area contributed by atoms with Crippen LogP contribution < -0.4 is 0 Å². The van der Waals surface area contributed by atoms with E-state index in [4.69, 9.17) is 9.47 Å². The molecule has 0 bridgehead atoms. The fourth-order valence-corrected chi connectivity index (χ4v) is 1.27. The highest BCUT2D eigenvalue weighted by molar-refractivity contribution is 5.87. The minimum Gasteiger partial charge on any atom is -0.429 e. The predicted molar refractivity (Wildman–Crippen MR) is 55.0 cm³/mol. The Hall–Kier alpha value is -1.61. The normalized spacial score (nSPS) is 23.3. The Labute approximate surface area is 88.3 Å². The molecule has 1 aliphatic heterocycles. The number of ether oxygens (including phenoxy) is 2. The molecule has 2 unspecified atom stereocenters. The summed E-state index contributed by atoms with van der Waals surface area (Å²) in [4.78, 5) is 11.2. The molecule has 3 heteroatoms. The highest BCUT2D eigenvalue weighted by Crippen LogP contribution is 2.39. The molecule has 0 spiro atoms. The molecule has 1 aromatic carbocycles. The molecule has 15 heavy (non-hydrogen) atoms. The third-order valence-corrected chi connectivity index (χ3v) is 2.15. The van der Waals surface area contributed by atoms with E-state index in [0.29, 0.717) is 5.57 Å². The smallest absolute Gasteiger partial charge is 0.335 e. The largest absolute Gasteiger partial charge is 0.429 e. The van der Waals surface area contributed by atoms with E-state index in [1.54, 1.807) is 6.92 Å². The minimum absolute atomic E-state index is 0.116. The Bertz CT molecular complexity index is 383. The molecule has 2 atom stereocenters. The number of esters is 1. The molecule has 1 fully saturated rings. The van der Waals surface area contributed by atoms with E-state index in [9.17, 15) is 4.79 Å². The van der Waals surface area contributed by atoms with Crippen molar-refractivity contribution in [1.82, 2.24) is 0 Å². The quantitative estimate of drug-likeness (QED) is 0.430. The van der Waals surface area contributed by atoms with Gasteiger partial charge in [-0.3, -0.25) is 0 Å². The standard InChI is InChI=1S/C12H12O3/c1-8(2)11(13)15-12-10(14-12)9-6-4-3-5-7-9/h3-7,10,12H,1H2,2H3. The van der Waals surface area contributed by atoms with E-state index >= 15 is 0 Å². The number of benzene rings is 1. The molecular formula is C12H12O3. The Morgan fingerprint density at radius 2 is 2.07 bits per heavy atom. The van der Waals surface area contributed by atoms with Crippen molar-refractivity contribution in [2.45, 2.75) is 19.3 Å². The maximum absolute atomic E-state index is 11.2. The minimum atomic E-state index is -0.448. The molecule has 0 aliphatic carbocycles. The van der Waals surface area contributed by atoms with Crippen LogP contribution in [0.5, 0.6) is 0 Å². The SMILES string of the molecule is C=C(C)C(=O)OC1OC1c1ccccc1. The van der Waals surface area contributed by atoms with Crippen LogP contribution in [0.2, 0.25) is 0 Å². The lowest BCUT2D eigenvalue weighted by atomic mass is 10.2. The number of carbonyl (C=O) groups is 1. The Kier molecular flexibility index (Phi) is 2.56. The first kappa shape index (κ1) is 9.93. The van der Waals surface area contributed by atoms with Crippen molar-refractivity contribution in [2.75, 3.05) is 0 Å². The topological polar surface area (TPSA) is 38.8 Å². The molecule has 78 valence electrons. The van der Waals surface area contributed by atoms with Gasteiger partial charge in [0.25, 0.3) is 0 Å². The number of hydrogen-bond donors (Lipinski definition) is 0. The number of epoxide rings is 1. The van der Waals surface area contributed by atoms with Crippen LogP contribution >= 0.6 is 0 Å². The van der Waals surface area contributed by atoms with Crippen LogP contribution in [-0.4, -0.2) is 12.3 Å². The highest BCUT2D eigenvalue weighted by Gasteiger charge is 2.43. The van der Waals surface area contributed by atoms with Crippen molar-refractivity contribution in [2.24, 2.45) is 0 Å². The van der Waals surface area contributed by atoms with Gasteiger partial charge in [0.1, 0.15) is 6.10 Å². The first-order valence-electron chi connectivity index (χ1n) is 4.75. The van der Waals surface area contributed by atoms with Gasteiger partial charge in [0, 0.05) is 5.57 Å². The molecule has 0 radical (unpaired) electrons. The van der Waals surface area contributed by atoms with E-state index in [2.05, 4.69) is 6.58 Å². The van der Waals surface area contributed by atoms with E-state index in [0.717, 1.165) is 5.56 Å². The zero-order chi connectivity index (χ0) is 10.8. The van der Waals surface area contributed by atoms with Crippen molar-refractivity contribution in [3.8, 4) is 0 Å². The summed E-state index contributed by atoms with van der Waals surface area (Å²) in [5.74, 6) is -0.404. The molecule has 0 aromatic heterocycles. The second-order valence-electron chi connectivity index (χ2n) is 3.52. The molecule has 1 heterocycles. The van der Waals surface area contributed by atoms with Crippen LogP contribution in [0.3, 0.4) is 0 Å². The van der Waals surface area contributed by atoms with Gasteiger partial charge in [-0.2, -0.15) is 0 Å². The summed E-state index contributed by atoms with van der Waals surface area (Å²) < 4.78 is 10.3. The van der Waals surface area contributed by atoms with Crippen molar-refractivity contribution in [3.05, 3.63) is 48.0 Å². The van der Waals surface area contributed by atoms with Gasteiger partial charge in [-0.05, 0) is 12.5 Å². The summed E-state index contributed by atoms with van der Waals surface area (Å²) >= 11 is 0. The van der Waals surface area contributed by atoms with Crippen LogP contribution in [0.25, 0.3) is 0 Å². The number of rotatable bonds is 3. The first-order chi connectivity index (χ1) is 7.18. The molecule has 2 rings (SSSR count). The zero-order valence-corrected chi connectivity index (χ0v) is 8.47. The molecule has 1 saturated heterocycles. The summed E-state index contributed by atoms with van der Waals surface area (Å²) in [6.07, 6.45) is -0.564. The van der Waals surface area contributed by atoms with Crippen molar-refractivity contribution < 1.29 is 14.3 Å². The number of carbonyl (C=O) groups excluding carboxylic acids is 1. The average molecular weight is 204 g/mol. The van der Waals surface area contributed by atoms with Gasteiger partial charge in [0.15, 0.2) is 0 Å². The fraction of sp³-hybridized carbons (Fsp3) is 0.250.